The minimum atomic E-state index is -0.420. The topological polar surface area (TPSA) is 75.4 Å². The Hall–Kier alpha value is -3.02. The lowest BCUT2D eigenvalue weighted by Gasteiger charge is -2.09. The number of rotatable bonds is 3. The number of halogens is 2. The number of fused-ring (bicyclic) bond motifs is 1. The number of hydrogen-bond donors (Lipinski definition) is 2. The SMILES string of the molecule is O=C(Nc1ccc(O)c(-c2nc3ccccc3o2)c1)c1cccc(Cl)c1Cl. The normalized spacial score (nSPS) is 10.9. The van der Waals surface area contributed by atoms with Crippen molar-refractivity contribution in [3.8, 4) is 17.2 Å². The van der Waals surface area contributed by atoms with E-state index in [2.05, 4.69) is 10.3 Å². The van der Waals surface area contributed by atoms with Gasteiger partial charge >= 0.3 is 0 Å². The number of benzene rings is 3. The zero-order valence-electron chi connectivity index (χ0n) is 13.7. The predicted molar refractivity (Wildman–Crippen MR) is 106 cm³/mol. The highest BCUT2D eigenvalue weighted by Gasteiger charge is 2.16. The second-order valence-corrected chi connectivity index (χ2v) is 6.56. The van der Waals surface area contributed by atoms with E-state index in [9.17, 15) is 9.90 Å². The summed E-state index contributed by atoms with van der Waals surface area (Å²) in [5, 5.41) is 13.4. The summed E-state index contributed by atoms with van der Waals surface area (Å²) in [6, 6.07) is 16.7. The number of hydrogen-bond acceptors (Lipinski definition) is 4. The van der Waals surface area contributed by atoms with E-state index in [0.29, 0.717) is 27.4 Å². The van der Waals surface area contributed by atoms with Crippen molar-refractivity contribution in [3.63, 3.8) is 0 Å². The van der Waals surface area contributed by atoms with E-state index in [1.807, 2.05) is 18.2 Å². The van der Waals surface area contributed by atoms with E-state index in [1.54, 1.807) is 36.4 Å². The average molecular weight is 399 g/mol. The number of phenols is 1. The van der Waals surface area contributed by atoms with Gasteiger partial charge in [0.2, 0.25) is 5.89 Å². The van der Waals surface area contributed by atoms with Crippen LogP contribution in [-0.4, -0.2) is 16.0 Å². The molecule has 0 fully saturated rings. The third-order valence-electron chi connectivity index (χ3n) is 3.97. The van der Waals surface area contributed by atoms with Crippen LogP contribution < -0.4 is 5.32 Å². The zero-order chi connectivity index (χ0) is 19.0. The first-order valence-electron chi connectivity index (χ1n) is 7.97. The smallest absolute Gasteiger partial charge is 0.257 e. The summed E-state index contributed by atoms with van der Waals surface area (Å²) < 4.78 is 5.69. The van der Waals surface area contributed by atoms with Gasteiger partial charge in [0.1, 0.15) is 11.3 Å². The largest absolute Gasteiger partial charge is 0.507 e. The van der Waals surface area contributed by atoms with Crippen molar-refractivity contribution in [2.75, 3.05) is 5.32 Å². The van der Waals surface area contributed by atoms with Gasteiger partial charge < -0.3 is 14.8 Å². The Morgan fingerprint density at radius 2 is 1.85 bits per heavy atom. The van der Waals surface area contributed by atoms with Crippen LogP contribution in [-0.2, 0) is 0 Å². The summed E-state index contributed by atoms with van der Waals surface area (Å²) in [4.78, 5) is 16.9. The van der Waals surface area contributed by atoms with Gasteiger partial charge in [-0.3, -0.25) is 4.79 Å². The molecule has 2 N–H and O–H groups in total. The molecule has 0 unspecified atom stereocenters. The van der Waals surface area contributed by atoms with Gasteiger partial charge in [0, 0.05) is 5.69 Å². The van der Waals surface area contributed by atoms with Gasteiger partial charge in [-0.15, -0.1) is 0 Å². The van der Waals surface area contributed by atoms with Crippen molar-refractivity contribution in [1.82, 2.24) is 4.98 Å². The Bertz CT molecular complexity index is 1140. The predicted octanol–water partition coefficient (Wildman–Crippen LogP) is 5.76. The Balaban J connectivity index is 1.68. The third-order valence-corrected chi connectivity index (χ3v) is 4.79. The maximum Gasteiger partial charge on any atom is 0.257 e. The van der Waals surface area contributed by atoms with Crippen molar-refractivity contribution < 1.29 is 14.3 Å². The number of anilines is 1. The lowest BCUT2D eigenvalue weighted by Crippen LogP contribution is -2.12. The fraction of sp³-hybridized carbons (Fsp3) is 0. The summed E-state index contributed by atoms with van der Waals surface area (Å²) in [7, 11) is 0. The monoisotopic (exact) mass is 398 g/mol. The fourth-order valence-corrected chi connectivity index (χ4v) is 3.04. The molecule has 0 aliphatic carbocycles. The van der Waals surface area contributed by atoms with E-state index in [0.717, 1.165) is 0 Å². The minimum Gasteiger partial charge on any atom is -0.507 e. The highest BCUT2D eigenvalue weighted by atomic mass is 35.5. The summed E-state index contributed by atoms with van der Waals surface area (Å²) in [6.07, 6.45) is 0. The van der Waals surface area contributed by atoms with Crippen LogP contribution in [0.15, 0.2) is 65.1 Å². The molecule has 0 bridgehead atoms. The molecule has 1 heterocycles. The molecule has 0 saturated carbocycles. The van der Waals surface area contributed by atoms with Crippen LogP contribution in [0.3, 0.4) is 0 Å². The number of carbonyl (C=O) groups is 1. The zero-order valence-corrected chi connectivity index (χ0v) is 15.3. The van der Waals surface area contributed by atoms with E-state index < -0.39 is 5.91 Å². The molecule has 0 radical (unpaired) electrons. The van der Waals surface area contributed by atoms with Crippen molar-refractivity contribution in [2.45, 2.75) is 0 Å². The summed E-state index contributed by atoms with van der Waals surface area (Å²) in [5.74, 6) is -0.178. The summed E-state index contributed by atoms with van der Waals surface area (Å²) in [5.41, 5.74) is 2.34. The molecule has 1 aromatic heterocycles. The molecule has 27 heavy (non-hydrogen) atoms. The molecule has 7 heteroatoms. The first-order chi connectivity index (χ1) is 13.0. The molecule has 5 nitrogen and oxygen atoms in total. The Morgan fingerprint density at radius 3 is 2.67 bits per heavy atom. The Kier molecular flexibility index (Phi) is 4.48. The van der Waals surface area contributed by atoms with Crippen LogP contribution in [0.5, 0.6) is 5.75 Å². The number of nitrogens with one attached hydrogen (secondary N) is 1. The maximum absolute atomic E-state index is 12.5. The van der Waals surface area contributed by atoms with Gasteiger partial charge in [-0.2, -0.15) is 0 Å². The van der Waals surface area contributed by atoms with Crippen LogP contribution in [0.2, 0.25) is 10.0 Å². The molecular weight excluding hydrogens is 387 g/mol. The minimum absolute atomic E-state index is 0.0136. The van der Waals surface area contributed by atoms with Gasteiger partial charge in [0.25, 0.3) is 5.91 Å². The number of oxazole rings is 1. The summed E-state index contributed by atoms with van der Waals surface area (Å²) in [6.45, 7) is 0. The van der Waals surface area contributed by atoms with Gasteiger partial charge in [0.15, 0.2) is 5.58 Å². The standard InChI is InChI=1S/C20H12Cl2N2O3/c21-14-5-3-4-12(18(14)22)19(26)23-11-8-9-16(25)13(10-11)20-24-15-6-1-2-7-17(15)27-20/h1-10,25H,(H,23,26). The number of aromatic nitrogens is 1. The number of para-hydroxylation sites is 2. The van der Waals surface area contributed by atoms with Crippen LogP contribution in [0.1, 0.15) is 10.4 Å². The van der Waals surface area contributed by atoms with Crippen molar-refractivity contribution in [3.05, 3.63) is 76.3 Å². The number of aromatic hydroxyl groups is 1. The number of nitrogens with zero attached hydrogens (tertiary/aromatic N) is 1. The van der Waals surface area contributed by atoms with Crippen molar-refractivity contribution >= 4 is 45.9 Å². The highest BCUT2D eigenvalue weighted by molar-refractivity contribution is 6.44. The second-order valence-electron chi connectivity index (χ2n) is 5.77. The van der Waals surface area contributed by atoms with Crippen LogP contribution in [0.25, 0.3) is 22.6 Å². The van der Waals surface area contributed by atoms with Crippen LogP contribution >= 0.6 is 23.2 Å². The summed E-state index contributed by atoms with van der Waals surface area (Å²) >= 11 is 12.1. The molecular formula is C20H12Cl2N2O3. The average Bonchev–Trinajstić information content (AvgIpc) is 3.09. The lowest BCUT2D eigenvalue weighted by atomic mass is 10.1. The first-order valence-corrected chi connectivity index (χ1v) is 8.73. The molecule has 0 aliphatic rings. The van der Waals surface area contributed by atoms with Crippen molar-refractivity contribution in [2.24, 2.45) is 0 Å². The number of carbonyl (C=O) groups excluding carboxylic acids is 1. The molecule has 0 aliphatic heterocycles. The molecule has 0 atom stereocenters. The number of phenolic OH excluding ortho intramolecular Hbond substituents is 1. The molecule has 0 spiro atoms. The fourth-order valence-electron chi connectivity index (χ4n) is 2.65. The van der Waals surface area contributed by atoms with Crippen molar-refractivity contribution in [1.29, 1.82) is 0 Å². The second kappa shape index (κ2) is 6.95. The molecule has 0 saturated heterocycles. The lowest BCUT2D eigenvalue weighted by molar-refractivity contribution is 0.102. The van der Waals surface area contributed by atoms with Crippen LogP contribution in [0.4, 0.5) is 5.69 Å². The third kappa shape index (κ3) is 3.35. The molecule has 4 rings (SSSR count). The molecule has 4 aromatic rings. The highest BCUT2D eigenvalue weighted by Crippen LogP contribution is 2.33. The molecule has 134 valence electrons. The first kappa shape index (κ1) is 17.4. The van der Waals surface area contributed by atoms with Gasteiger partial charge in [-0.1, -0.05) is 41.4 Å². The maximum atomic E-state index is 12.5. The number of amides is 1. The van der Waals surface area contributed by atoms with Crippen LogP contribution in [0, 0.1) is 0 Å². The molecule has 1 amide bonds. The van der Waals surface area contributed by atoms with Gasteiger partial charge in [-0.25, -0.2) is 4.98 Å². The van der Waals surface area contributed by atoms with E-state index in [4.69, 9.17) is 27.6 Å². The Morgan fingerprint density at radius 1 is 1.04 bits per heavy atom. The van der Waals surface area contributed by atoms with Gasteiger partial charge in [0.05, 0.1) is 21.2 Å². The Labute approximate surface area is 164 Å². The van der Waals surface area contributed by atoms with E-state index >= 15 is 0 Å². The quantitative estimate of drug-likeness (QED) is 0.430. The van der Waals surface area contributed by atoms with E-state index in [1.165, 1.54) is 6.07 Å². The molecule has 3 aromatic carbocycles. The van der Waals surface area contributed by atoms with Gasteiger partial charge in [-0.05, 0) is 42.5 Å². The van der Waals surface area contributed by atoms with E-state index in [-0.39, 0.29) is 22.2 Å².